The molecule has 2 N–H and O–H groups in total. The maximum absolute atomic E-state index is 9.60. The number of nitrogens with zero attached hydrogens (tertiary/aromatic N) is 2. The highest BCUT2D eigenvalue weighted by atomic mass is 16.5. The van der Waals surface area contributed by atoms with Crippen LogP contribution in [0.1, 0.15) is 44.7 Å². The highest BCUT2D eigenvalue weighted by molar-refractivity contribution is 5.37. The van der Waals surface area contributed by atoms with Gasteiger partial charge in [0.2, 0.25) is 0 Å². The minimum atomic E-state index is -0.000704. The Balaban J connectivity index is 1.97. The van der Waals surface area contributed by atoms with Crippen LogP contribution in [-0.2, 0) is 13.2 Å². The summed E-state index contributed by atoms with van der Waals surface area (Å²) >= 11 is 0. The summed E-state index contributed by atoms with van der Waals surface area (Å²) in [6.07, 6.45) is 2.04. The normalized spacial score (nSPS) is 19.2. The Morgan fingerprint density at radius 2 is 2.04 bits per heavy atom. The van der Waals surface area contributed by atoms with Gasteiger partial charge in [-0.25, -0.2) is 0 Å². The maximum Gasteiger partial charge on any atom is 0.124 e. The summed E-state index contributed by atoms with van der Waals surface area (Å²) in [5, 5.41) is 19.1. The fourth-order valence-electron chi connectivity index (χ4n) is 3.65. The third kappa shape index (κ3) is 6.23. The third-order valence-corrected chi connectivity index (χ3v) is 5.15. The summed E-state index contributed by atoms with van der Waals surface area (Å²) in [5.41, 5.74) is 2.06. The summed E-state index contributed by atoms with van der Waals surface area (Å²) in [6, 6.07) is 6.54. The molecule has 148 valence electrons. The predicted octanol–water partition coefficient (Wildman–Crippen LogP) is 2.49. The van der Waals surface area contributed by atoms with Crippen LogP contribution in [0.2, 0.25) is 0 Å². The van der Waals surface area contributed by atoms with Crippen LogP contribution in [0.5, 0.6) is 5.75 Å². The number of aliphatic hydroxyl groups excluding tert-OH is 2. The largest absolute Gasteiger partial charge is 0.494 e. The van der Waals surface area contributed by atoms with Crippen LogP contribution < -0.4 is 4.74 Å². The summed E-state index contributed by atoms with van der Waals surface area (Å²) in [5.74, 6) is 1.49. The van der Waals surface area contributed by atoms with Crippen molar-refractivity contribution in [2.45, 2.75) is 52.8 Å². The van der Waals surface area contributed by atoms with Crippen molar-refractivity contribution in [1.82, 2.24) is 9.80 Å². The first-order valence-corrected chi connectivity index (χ1v) is 10.00. The lowest BCUT2D eigenvalue weighted by Gasteiger charge is -2.41. The predicted molar refractivity (Wildman–Crippen MR) is 105 cm³/mol. The minimum absolute atomic E-state index is 0.000704. The summed E-state index contributed by atoms with van der Waals surface area (Å²) < 4.78 is 5.57. The molecule has 0 spiro atoms. The molecule has 1 aromatic rings. The molecule has 1 fully saturated rings. The van der Waals surface area contributed by atoms with Gasteiger partial charge in [0, 0.05) is 44.4 Å². The second-order valence-corrected chi connectivity index (χ2v) is 7.65. The lowest BCUT2D eigenvalue weighted by atomic mass is 10.0. The zero-order valence-corrected chi connectivity index (χ0v) is 16.7. The number of hydrogen-bond acceptors (Lipinski definition) is 5. The lowest BCUT2D eigenvalue weighted by Crippen LogP contribution is -2.53. The highest BCUT2D eigenvalue weighted by Crippen LogP contribution is 2.23. The van der Waals surface area contributed by atoms with Crippen molar-refractivity contribution in [2.24, 2.45) is 5.92 Å². The number of aliphatic hydroxyl groups is 2. The van der Waals surface area contributed by atoms with Crippen molar-refractivity contribution in [1.29, 1.82) is 0 Å². The van der Waals surface area contributed by atoms with Crippen molar-refractivity contribution in [3.63, 3.8) is 0 Å². The average molecular weight is 365 g/mol. The van der Waals surface area contributed by atoms with E-state index in [0.29, 0.717) is 18.6 Å². The van der Waals surface area contributed by atoms with E-state index in [4.69, 9.17) is 4.74 Å². The Morgan fingerprint density at radius 3 is 2.69 bits per heavy atom. The van der Waals surface area contributed by atoms with Gasteiger partial charge in [-0.15, -0.1) is 0 Å². The van der Waals surface area contributed by atoms with Gasteiger partial charge >= 0.3 is 0 Å². The molecule has 1 heterocycles. The molecule has 1 atom stereocenters. The molecule has 0 bridgehead atoms. The third-order valence-electron chi connectivity index (χ3n) is 5.15. The van der Waals surface area contributed by atoms with Gasteiger partial charge in [0.15, 0.2) is 0 Å². The van der Waals surface area contributed by atoms with Gasteiger partial charge in [-0.1, -0.05) is 19.9 Å². The van der Waals surface area contributed by atoms with Gasteiger partial charge < -0.3 is 14.9 Å². The van der Waals surface area contributed by atoms with Gasteiger partial charge in [-0.2, -0.15) is 0 Å². The van der Waals surface area contributed by atoms with E-state index < -0.39 is 0 Å². The van der Waals surface area contributed by atoms with Crippen molar-refractivity contribution >= 4 is 0 Å². The molecule has 1 aliphatic rings. The molecule has 5 heteroatoms. The highest BCUT2D eigenvalue weighted by Gasteiger charge is 2.26. The number of benzene rings is 1. The lowest BCUT2D eigenvalue weighted by molar-refractivity contribution is 0.0523. The van der Waals surface area contributed by atoms with Crippen molar-refractivity contribution in [2.75, 3.05) is 39.4 Å². The van der Waals surface area contributed by atoms with Crippen LogP contribution in [0.4, 0.5) is 0 Å². The van der Waals surface area contributed by atoms with Crippen LogP contribution in [0.3, 0.4) is 0 Å². The smallest absolute Gasteiger partial charge is 0.124 e. The molecule has 1 aliphatic heterocycles. The van der Waals surface area contributed by atoms with E-state index in [-0.39, 0.29) is 13.2 Å². The minimum Gasteiger partial charge on any atom is -0.494 e. The summed E-state index contributed by atoms with van der Waals surface area (Å²) in [4.78, 5) is 5.01. The van der Waals surface area contributed by atoms with Crippen molar-refractivity contribution in [3.05, 3.63) is 29.3 Å². The Labute approximate surface area is 158 Å². The van der Waals surface area contributed by atoms with Crippen LogP contribution >= 0.6 is 0 Å². The van der Waals surface area contributed by atoms with Gasteiger partial charge in [-0.05, 0) is 49.9 Å². The number of ether oxygens (including phenoxy) is 1. The molecule has 5 nitrogen and oxygen atoms in total. The van der Waals surface area contributed by atoms with Crippen LogP contribution in [0, 0.1) is 5.92 Å². The van der Waals surface area contributed by atoms with E-state index >= 15 is 0 Å². The molecule has 0 aliphatic carbocycles. The van der Waals surface area contributed by atoms with E-state index in [1.54, 1.807) is 0 Å². The molecule has 0 aromatic heterocycles. The molecule has 1 aromatic carbocycles. The molecule has 0 amide bonds. The topological polar surface area (TPSA) is 56.2 Å². The molecule has 1 saturated heterocycles. The summed E-state index contributed by atoms with van der Waals surface area (Å²) in [7, 11) is 0. The standard InChI is InChI=1S/C21H36N2O3/c1-4-26-21-6-5-18(13-19(21)16-25)14-22-10-11-23(9-7-17(2)3)20(15-22)8-12-24/h5-6,13,17,20,24-25H,4,7-12,14-16H2,1-3H3/t20-/m1/s1. The molecule has 0 unspecified atom stereocenters. The molecular weight excluding hydrogens is 328 g/mol. The average Bonchev–Trinajstić information content (AvgIpc) is 2.62. The second-order valence-electron chi connectivity index (χ2n) is 7.65. The number of hydrogen-bond donors (Lipinski definition) is 2. The molecule has 2 rings (SSSR count). The van der Waals surface area contributed by atoms with Crippen LogP contribution in [-0.4, -0.2) is 65.4 Å². The van der Waals surface area contributed by atoms with Crippen LogP contribution in [0.15, 0.2) is 18.2 Å². The first-order chi connectivity index (χ1) is 12.6. The monoisotopic (exact) mass is 364 g/mol. The molecule has 0 radical (unpaired) electrons. The molecular formula is C21H36N2O3. The first-order valence-electron chi connectivity index (χ1n) is 10.00. The van der Waals surface area contributed by atoms with Crippen molar-refractivity contribution < 1.29 is 14.9 Å². The SMILES string of the molecule is CCOc1ccc(CN2CCN(CCC(C)C)[C@H](CCO)C2)cc1CO. The summed E-state index contributed by atoms with van der Waals surface area (Å²) in [6.45, 7) is 12.4. The Bertz CT molecular complexity index is 536. The van der Waals surface area contributed by atoms with Gasteiger partial charge in [0.25, 0.3) is 0 Å². The van der Waals surface area contributed by atoms with Gasteiger partial charge in [-0.3, -0.25) is 9.80 Å². The first kappa shape index (κ1) is 21.2. The van der Waals surface area contributed by atoms with Crippen molar-refractivity contribution in [3.8, 4) is 5.75 Å². The molecule has 0 saturated carbocycles. The quantitative estimate of drug-likeness (QED) is 0.668. The number of piperazine rings is 1. The van der Waals surface area contributed by atoms with E-state index in [1.165, 1.54) is 12.0 Å². The zero-order valence-electron chi connectivity index (χ0n) is 16.7. The Kier molecular flexibility index (Phi) is 8.85. The van der Waals surface area contributed by atoms with Gasteiger partial charge in [0.1, 0.15) is 5.75 Å². The zero-order chi connectivity index (χ0) is 18.9. The van der Waals surface area contributed by atoms with E-state index in [1.807, 2.05) is 13.0 Å². The maximum atomic E-state index is 9.60. The van der Waals surface area contributed by atoms with E-state index in [0.717, 1.165) is 50.5 Å². The fourth-order valence-corrected chi connectivity index (χ4v) is 3.65. The Morgan fingerprint density at radius 1 is 1.23 bits per heavy atom. The van der Waals surface area contributed by atoms with Gasteiger partial charge in [0.05, 0.1) is 13.2 Å². The second kappa shape index (κ2) is 10.9. The van der Waals surface area contributed by atoms with E-state index in [9.17, 15) is 10.2 Å². The molecule has 26 heavy (non-hydrogen) atoms. The fraction of sp³-hybridized carbons (Fsp3) is 0.714. The number of rotatable bonds is 10. The van der Waals surface area contributed by atoms with Crippen LogP contribution in [0.25, 0.3) is 0 Å². The Hall–Kier alpha value is -1.14. The van der Waals surface area contributed by atoms with E-state index in [2.05, 4.69) is 35.8 Å².